The van der Waals surface area contributed by atoms with Crippen molar-refractivity contribution in [3.05, 3.63) is 65.5 Å². The Bertz CT molecular complexity index is 862. The van der Waals surface area contributed by atoms with Gasteiger partial charge < -0.3 is 24.4 Å². The van der Waals surface area contributed by atoms with E-state index in [0.717, 1.165) is 11.6 Å². The molecule has 1 heterocycles. The maximum Gasteiger partial charge on any atom is 0.410 e. The third-order valence-corrected chi connectivity index (χ3v) is 4.80. The molecule has 1 aliphatic heterocycles. The molecule has 7 nitrogen and oxygen atoms in total. The fourth-order valence-electron chi connectivity index (χ4n) is 3.18. The Hall–Kier alpha value is -3.13. The SMILES string of the molecule is COC(=O)c1ccc(OCC[C@@H]2CN(C(=O)OCc3ccccc3)CCN2)cc1F. The van der Waals surface area contributed by atoms with E-state index in [0.29, 0.717) is 38.4 Å². The average molecular weight is 416 g/mol. The van der Waals surface area contributed by atoms with Gasteiger partial charge >= 0.3 is 12.1 Å². The molecule has 30 heavy (non-hydrogen) atoms. The van der Waals surface area contributed by atoms with Crippen LogP contribution in [0.1, 0.15) is 22.3 Å². The normalized spacial score (nSPS) is 16.1. The predicted octanol–water partition coefficient (Wildman–Crippen LogP) is 2.99. The van der Waals surface area contributed by atoms with Gasteiger partial charge in [-0.15, -0.1) is 0 Å². The number of nitrogens with one attached hydrogen (secondary N) is 1. The quantitative estimate of drug-likeness (QED) is 0.700. The molecule has 1 N–H and O–H groups in total. The number of hydrogen-bond acceptors (Lipinski definition) is 6. The van der Waals surface area contributed by atoms with Gasteiger partial charge in [-0.05, 0) is 24.1 Å². The Morgan fingerprint density at radius 1 is 1.20 bits per heavy atom. The molecule has 0 unspecified atom stereocenters. The van der Waals surface area contributed by atoms with Gasteiger partial charge in [0.25, 0.3) is 0 Å². The van der Waals surface area contributed by atoms with Crippen molar-refractivity contribution in [3.8, 4) is 5.75 Å². The van der Waals surface area contributed by atoms with E-state index in [-0.39, 0.29) is 24.3 Å². The Kier molecular flexibility index (Phi) is 7.62. The number of amides is 1. The molecule has 0 spiro atoms. The van der Waals surface area contributed by atoms with E-state index < -0.39 is 11.8 Å². The molecule has 1 fully saturated rings. The lowest BCUT2D eigenvalue weighted by atomic mass is 10.1. The van der Waals surface area contributed by atoms with Crippen LogP contribution < -0.4 is 10.1 Å². The van der Waals surface area contributed by atoms with Crippen LogP contribution >= 0.6 is 0 Å². The Labute approximate surface area is 174 Å². The molecule has 0 aliphatic carbocycles. The molecule has 0 saturated carbocycles. The van der Waals surface area contributed by atoms with Crippen LogP contribution in [-0.2, 0) is 16.1 Å². The molecule has 1 amide bonds. The van der Waals surface area contributed by atoms with Gasteiger partial charge in [0, 0.05) is 31.7 Å². The lowest BCUT2D eigenvalue weighted by Crippen LogP contribution is -2.53. The number of carbonyl (C=O) groups excluding carboxylic acids is 2. The number of halogens is 1. The first-order valence-electron chi connectivity index (χ1n) is 9.76. The Balaban J connectivity index is 1.43. The highest BCUT2D eigenvalue weighted by Crippen LogP contribution is 2.18. The van der Waals surface area contributed by atoms with Crippen molar-refractivity contribution in [3.63, 3.8) is 0 Å². The van der Waals surface area contributed by atoms with E-state index in [2.05, 4.69) is 10.1 Å². The number of hydrogen-bond donors (Lipinski definition) is 1. The van der Waals surface area contributed by atoms with Crippen molar-refractivity contribution in [1.29, 1.82) is 0 Å². The van der Waals surface area contributed by atoms with Crippen molar-refractivity contribution in [2.24, 2.45) is 0 Å². The summed E-state index contributed by atoms with van der Waals surface area (Å²) in [6, 6.07) is 13.6. The minimum Gasteiger partial charge on any atom is -0.493 e. The zero-order valence-corrected chi connectivity index (χ0v) is 16.8. The number of rotatable bonds is 7. The maximum atomic E-state index is 14.0. The molecule has 160 valence electrons. The number of nitrogens with zero attached hydrogens (tertiary/aromatic N) is 1. The monoisotopic (exact) mass is 416 g/mol. The lowest BCUT2D eigenvalue weighted by molar-refractivity contribution is 0.0595. The fraction of sp³-hybridized carbons (Fsp3) is 0.364. The Morgan fingerprint density at radius 2 is 2.00 bits per heavy atom. The molecule has 1 aliphatic rings. The van der Waals surface area contributed by atoms with E-state index in [9.17, 15) is 14.0 Å². The molecule has 0 bridgehead atoms. The topological polar surface area (TPSA) is 77.1 Å². The molecule has 1 atom stereocenters. The highest BCUT2D eigenvalue weighted by molar-refractivity contribution is 5.89. The maximum absolute atomic E-state index is 14.0. The highest BCUT2D eigenvalue weighted by atomic mass is 19.1. The largest absolute Gasteiger partial charge is 0.493 e. The second-order valence-corrected chi connectivity index (χ2v) is 6.91. The Morgan fingerprint density at radius 3 is 2.73 bits per heavy atom. The zero-order valence-electron chi connectivity index (χ0n) is 16.8. The van der Waals surface area contributed by atoms with E-state index >= 15 is 0 Å². The fourth-order valence-corrected chi connectivity index (χ4v) is 3.18. The number of ether oxygens (including phenoxy) is 3. The van der Waals surface area contributed by atoms with Gasteiger partial charge in [-0.2, -0.15) is 0 Å². The number of piperazine rings is 1. The average Bonchev–Trinajstić information content (AvgIpc) is 2.78. The number of methoxy groups -OCH3 is 1. The number of esters is 1. The number of carbonyl (C=O) groups is 2. The van der Waals surface area contributed by atoms with Crippen molar-refractivity contribution in [2.45, 2.75) is 19.1 Å². The summed E-state index contributed by atoms with van der Waals surface area (Å²) >= 11 is 0. The minimum atomic E-state index is -0.732. The molecule has 1 saturated heterocycles. The molecular weight excluding hydrogens is 391 g/mol. The second-order valence-electron chi connectivity index (χ2n) is 6.91. The van der Waals surface area contributed by atoms with Crippen molar-refractivity contribution < 1.29 is 28.2 Å². The first-order chi connectivity index (χ1) is 14.6. The standard InChI is InChI=1S/C22H25FN2O5/c1-28-21(26)19-8-7-18(13-20(19)23)29-12-9-17-14-25(11-10-24-17)22(27)30-15-16-5-3-2-4-6-16/h2-8,13,17,24H,9-12,14-15H2,1H3/t17-/m1/s1. The van der Waals surface area contributed by atoms with Gasteiger partial charge in [-0.1, -0.05) is 30.3 Å². The molecule has 0 radical (unpaired) electrons. The molecule has 0 aromatic heterocycles. The summed E-state index contributed by atoms with van der Waals surface area (Å²) in [5.74, 6) is -1.10. The lowest BCUT2D eigenvalue weighted by Gasteiger charge is -2.33. The summed E-state index contributed by atoms with van der Waals surface area (Å²) in [7, 11) is 1.20. The predicted molar refractivity (Wildman–Crippen MR) is 108 cm³/mol. The first kappa shape index (κ1) is 21.6. The van der Waals surface area contributed by atoms with Gasteiger partial charge in [0.05, 0.1) is 19.3 Å². The van der Waals surface area contributed by atoms with Gasteiger partial charge in [0.1, 0.15) is 18.2 Å². The summed E-state index contributed by atoms with van der Waals surface area (Å²) in [6.07, 6.45) is 0.287. The molecule has 8 heteroatoms. The van der Waals surface area contributed by atoms with Crippen LogP contribution in [-0.4, -0.2) is 56.4 Å². The summed E-state index contributed by atoms with van der Waals surface area (Å²) in [5, 5.41) is 3.34. The first-order valence-corrected chi connectivity index (χ1v) is 9.76. The van der Waals surface area contributed by atoms with E-state index in [1.165, 1.54) is 19.2 Å². The van der Waals surface area contributed by atoms with Crippen LogP contribution in [0.4, 0.5) is 9.18 Å². The van der Waals surface area contributed by atoms with Gasteiger partial charge in [-0.25, -0.2) is 14.0 Å². The van der Waals surface area contributed by atoms with Gasteiger partial charge in [0.2, 0.25) is 0 Å². The molecule has 3 rings (SSSR count). The molecule has 2 aromatic carbocycles. The van der Waals surface area contributed by atoms with Crippen molar-refractivity contribution >= 4 is 12.1 Å². The van der Waals surface area contributed by atoms with E-state index in [4.69, 9.17) is 9.47 Å². The summed E-state index contributed by atoms with van der Waals surface area (Å²) in [4.78, 5) is 25.4. The third kappa shape index (κ3) is 5.93. The van der Waals surface area contributed by atoms with Crippen LogP contribution in [0.3, 0.4) is 0 Å². The summed E-state index contributed by atoms with van der Waals surface area (Å²) in [6.45, 7) is 2.32. The van der Waals surface area contributed by atoms with Crippen molar-refractivity contribution in [2.75, 3.05) is 33.4 Å². The highest BCUT2D eigenvalue weighted by Gasteiger charge is 2.24. The summed E-state index contributed by atoms with van der Waals surface area (Å²) in [5.41, 5.74) is 0.805. The smallest absolute Gasteiger partial charge is 0.410 e. The van der Waals surface area contributed by atoms with Gasteiger partial charge in [-0.3, -0.25) is 0 Å². The van der Waals surface area contributed by atoms with E-state index in [1.54, 1.807) is 4.90 Å². The summed E-state index contributed by atoms with van der Waals surface area (Å²) < 4.78 is 29.5. The van der Waals surface area contributed by atoms with Crippen LogP contribution in [0.25, 0.3) is 0 Å². The van der Waals surface area contributed by atoms with Crippen molar-refractivity contribution in [1.82, 2.24) is 10.2 Å². The minimum absolute atomic E-state index is 0.0437. The number of benzene rings is 2. The third-order valence-electron chi connectivity index (χ3n) is 4.80. The molecule has 2 aromatic rings. The van der Waals surface area contributed by atoms with Crippen LogP contribution in [0.15, 0.2) is 48.5 Å². The second kappa shape index (κ2) is 10.6. The van der Waals surface area contributed by atoms with Crippen LogP contribution in [0.5, 0.6) is 5.75 Å². The molecular formula is C22H25FN2O5. The van der Waals surface area contributed by atoms with E-state index in [1.807, 2.05) is 30.3 Å². The zero-order chi connectivity index (χ0) is 21.3. The van der Waals surface area contributed by atoms with Gasteiger partial charge in [0.15, 0.2) is 0 Å². The van der Waals surface area contributed by atoms with Crippen LogP contribution in [0, 0.1) is 5.82 Å². The van der Waals surface area contributed by atoms with Crippen LogP contribution in [0.2, 0.25) is 0 Å².